The lowest BCUT2D eigenvalue weighted by Gasteiger charge is -2.17. The maximum atomic E-state index is 13.6. The van der Waals surface area contributed by atoms with Crippen LogP contribution in [0.25, 0.3) is 0 Å². The smallest absolute Gasteiger partial charge is 0.191 e. The molecule has 1 atom stereocenters. The van der Waals surface area contributed by atoms with Crippen molar-refractivity contribution in [3.8, 4) is 5.75 Å². The molecule has 1 saturated heterocycles. The van der Waals surface area contributed by atoms with E-state index in [-0.39, 0.29) is 17.7 Å². The molecule has 0 amide bonds. The summed E-state index contributed by atoms with van der Waals surface area (Å²) < 4.78 is 19.2. The Morgan fingerprint density at radius 3 is 2.76 bits per heavy atom. The van der Waals surface area contributed by atoms with Gasteiger partial charge in [-0.1, -0.05) is 12.1 Å². The second-order valence-electron chi connectivity index (χ2n) is 6.41. The molecule has 6 heteroatoms. The van der Waals surface area contributed by atoms with Gasteiger partial charge < -0.3 is 20.3 Å². The van der Waals surface area contributed by atoms with E-state index >= 15 is 0 Å². The highest BCUT2D eigenvalue weighted by molar-refractivity contribution is 5.79. The van der Waals surface area contributed by atoms with Crippen molar-refractivity contribution in [2.24, 2.45) is 4.99 Å². The topological polar surface area (TPSA) is 48.9 Å². The van der Waals surface area contributed by atoms with Gasteiger partial charge in [-0.15, -0.1) is 0 Å². The molecule has 1 aliphatic heterocycles. The summed E-state index contributed by atoms with van der Waals surface area (Å²) in [5, 5.41) is 6.60. The Balaban J connectivity index is 1.72. The van der Waals surface area contributed by atoms with Crippen LogP contribution in [-0.2, 0) is 0 Å². The average molecular weight is 350 g/mol. The number of guanidine groups is 1. The number of nitrogens with zero attached hydrogens (tertiary/aromatic N) is 2. The second-order valence-corrected chi connectivity index (χ2v) is 6.41. The zero-order valence-corrected chi connectivity index (χ0v) is 15.4. The number of aliphatic imine (C=N–C) groups is 1. The molecular weight excluding hydrogens is 319 g/mol. The predicted octanol–water partition coefficient (Wildman–Crippen LogP) is 2.63. The summed E-state index contributed by atoms with van der Waals surface area (Å²) in [6.07, 6.45) is 3.57. The van der Waals surface area contributed by atoms with E-state index in [1.165, 1.54) is 32.0 Å². The van der Waals surface area contributed by atoms with Crippen LogP contribution in [0.2, 0.25) is 0 Å². The highest BCUT2D eigenvalue weighted by Gasteiger charge is 2.11. The summed E-state index contributed by atoms with van der Waals surface area (Å²) >= 11 is 0. The standard InChI is InChI=1S/C19H31FN4O/c1-3-21-19(22-11-8-14-24-12-6-7-13-24)23-15-16(2)25-18-10-5-4-9-17(18)20/h4-5,9-10,16H,3,6-8,11-15H2,1-2H3,(H2,21,22,23). The Bertz CT molecular complexity index is 532. The minimum atomic E-state index is -0.342. The van der Waals surface area contributed by atoms with Crippen molar-refractivity contribution in [1.29, 1.82) is 0 Å². The van der Waals surface area contributed by atoms with Crippen molar-refractivity contribution in [3.63, 3.8) is 0 Å². The van der Waals surface area contributed by atoms with Crippen LogP contribution in [0.5, 0.6) is 5.75 Å². The van der Waals surface area contributed by atoms with Gasteiger partial charge in [-0.3, -0.25) is 0 Å². The number of para-hydroxylation sites is 1. The zero-order chi connectivity index (χ0) is 17.9. The Hall–Kier alpha value is -1.82. The number of hydrogen-bond acceptors (Lipinski definition) is 3. The number of ether oxygens (including phenoxy) is 1. The van der Waals surface area contributed by atoms with Gasteiger partial charge >= 0.3 is 0 Å². The highest BCUT2D eigenvalue weighted by atomic mass is 19.1. The average Bonchev–Trinajstić information content (AvgIpc) is 3.12. The van der Waals surface area contributed by atoms with Gasteiger partial charge in [0, 0.05) is 13.1 Å². The van der Waals surface area contributed by atoms with Crippen molar-refractivity contribution in [1.82, 2.24) is 15.5 Å². The van der Waals surface area contributed by atoms with Gasteiger partial charge in [0.1, 0.15) is 6.10 Å². The SMILES string of the molecule is CCNC(=NCC(C)Oc1ccccc1F)NCCCN1CCCC1. The van der Waals surface area contributed by atoms with Crippen molar-refractivity contribution in [3.05, 3.63) is 30.1 Å². The predicted molar refractivity (Wildman–Crippen MR) is 101 cm³/mol. The van der Waals surface area contributed by atoms with E-state index in [1.807, 2.05) is 13.8 Å². The third kappa shape index (κ3) is 7.30. The maximum absolute atomic E-state index is 13.6. The first-order valence-electron chi connectivity index (χ1n) is 9.34. The third-order valence-electron chi connectivity index (χ3n) is 4.16. The molecule has 1 aromatic carbocycles. The number of likely N-dealkylation sites (tertiary alicyclic amines) is 1. The molecule has 1 aromatic rings. The highest BCUT2D eigenvalue weighted by Crippen LogP contribution is 2.16. The van der Waals surface area contributed by atoms with E-state index in [4.69, 9.17) is 4.74 Å². The van der Waals surface area contributed by atoms with Crippen molar-refractivity contribution >= 4 is 5.96 Å². The van der Waals surface area contributed by atoms with E-state index in [0.717, 1.165) is 32.0 Å². The number of halogens is 1. The molecule has 0 aromatic heterocycles. The molecule has 1 fully saturated rings. The summed E-state index contributed by atoms with van der Waals surface area (Å²) in [5.74, 6) is 0.715. The molecule has 2 rings (SSSR count). The monoisotopic (exact) mass is 350 g/mol. The maximum Gasteiger partial charge on any atom is 0.191 e. The Morgan fingerprint density at radius 1 is 1.28 bits per heavy atom. The van der Waals surface area contributed by atoms with Crippen molar-refractivity contribution in [2.75, 3.05) is 39.3 Å². The molecule has 1 heterocycles. The molecule has 2 N–H and O–H groups in total. The normalized spacial score (nSPS) is 16.7. The van der Waals surface area contributed by atoms with Crippen LogP contribution < -0.4 is 15.4 Å². The lowest BCUT2D eigenvalue weighted by Crippen LogP contribution is -2.39. The Kier molecular flexibility index (Phi) is 8.52. The molecule has 0 bridgehead atoms. The van der Waals surface area contributed by atoms with E-state index in [9.17, 15) is 4.39 Å². The first-order chi connectivity index (χ1) is 12.2. The minimum absolute atomic E-state index is 0.197. The summed E-state index contributed by atoms with van der Waals surface area (Å²) in [7, 11) is 0. The van der Waals surface area contributed by atoms with Crippen LogP contribution in [0.1, 0.15) is 33.1 Å². The first-order valence-corrected chi connectivity index (χ1v) is 9.34. The molecule has 0 spiro atoms. The van der Waals surface area contributed by atoms with Gasteiger partial charge in [-0.05, 0) is 64.9 Å². The van der Waals surface area contributed by atoms with Crippen LogP contribution in [0.4, 0.5) is 4.39 Å². The Morgan fingerprint density at radius 2 is 2.04 bits per heavy atom. The van der Waals surface area contributed by atoms with E-state index in [1.54, 1.807) is 18.2 Å². The molecule has 0 radical (unpaired) electrons. The Labute approximate surface area is 150 Å². The molecule has 1 unspecified atom stereocenters. The van der Waals surface area contributed by atoms with Gasteiger partial charge in [0.25, 0.3) is 0 Å². The fraction of sp³-hybridized carbons (Fsp3) is 0.632. The molecule has 5 nitrogen and oxygen atoms in total. The first kappa shape index (κ1) is 19.5. The van der Waals surface area contributed by atoms with Crippen LogP contribution in [0.3, 0.4) is 0 Å². The summed E-state index contributed by atoms with van der Waals surface area (Å²) in [6.45, 7) is 9.71. The van der Waals surface area contributed by atoms with Gasteiger partial charge in [0.15, 0.2) is 17.5 Å². The quantitative estimate of drug-likeness (QED) is 0.408. The number of benzene rings is 1. The molecule has 1 aliphatic rings. The molecular formula is C19H31FN4O. The molecule has 140 valence electrons. The fourth-order valence-electron chi connectivity index (χ4n) is 2.87. The zero-order valence-electron chi connectivity index (χ0n) is 15.4. The van der Waals surface area contributed by atoms with Crippen LogP contribution in [0, 0.1) is 5.82 Å². The van der Waals surface area contributed by atoms with Crippen LogP contribution in [0.15, 0.2) is 29.3 Å². The lowest BCUT2D eigenvalue weighted by molar-refractivity contribution is 0.220. The van der Waals surface area contributed by atoms with Crippen LogP contribution in [-0.4, -0.2) is 56.2 Å². The van der Waals surface area contributed by atoms with E-state index in [2.05, 4.69) is 20.5 Å². The third-order valence-corrected chi connectivity index (χ3v) is 4.16. The summed E-state index contributed by atoms with van der Waals surface area (Å²) in [6, 6.07) is 6.45. The van der Waals surface area contributed by atoms with Gasteiger partial charge in [0.05, 0.1) is 6.54 Å². The summed E-state index contributed by atoms with van der Waals surface area (Å²) in [4.78, 5) is 7.05. The largest absolute Gasteiger partial charge is 0.486 e. The second kappa shape index (κ2) is 10.9. The molecule has 25 heavy (non-hydrogen) atoms. The van der Waals surface area contributed by atoms with Crippen molar-refractivity contribution in [2.45, 2.75) is 39.2 Å². The van der Waals surface area contributed by atoms with E-state index < -0.39 is 0 Å². The molecule has 0 saturated carbocycles. The molecule has 0 aliphatic carbocycles. The number of nitrogens with one attached hydrogen (secondary N) is 2. The number of hydrogen-bond donors (Lipinski definition) is 2. The van der Waals surface area contributed by atoms with Gasteiger partial charge in [0.2, 0.25) is 0 Å². The minimum Gasteiger partial charge on any atom is -0.486 e. The lowest BCUT2D eigenvalue weighted by atomic mass is 10.3. The summed E-state index contributed by atoms with van der Waals surface area (Å²) in [5.41, 5.74) is 0. The number of rotatable bonds is 9. The van der Waals surface area contributed by atoms with Crippen LogP contribution >= 0.6 is 0 Å². The van der Waals surface area contributed by atoms with E-state index in [0.29, 0.717) is 6.54 Å². The van der Waals surface area contributed by atoms with Gasteiger partial charge in [-0.2, -0.15) is 0 Å². The van der Waals surface area contributed by atoms with Crippen molar-refractivity contribution < 1.29 is 9.13 Å². The fourth-order valence-corrected chi connectivity index (χ4v) is 2.87. The van der Waals surface area contributed by atoms with Gasteiger partial charge in [-0.25, -0.2) is 9.38 Å².